The van der Waals surface area contributed by atoms with Gasteiger partial charge in [-0.2, -0.15) is 19.9 Å². The van der Waals surface area contributed by atoms with E-state index in [1.807, 2.05) is 48.5 Å². The number of aromatic nitrogens is 3. The van der Waals surface area contributed by atoms with E-state index in [4.69, 9.17) is 25.9 Å². The molecule has 0 bridgehead atoms. The highest BCUT2D eigenvalue weighted by Crippen LogP contribution is 2.27. The van der Waals surface area contributed by atoms with Gasteiger partial charge < -0.3 is 4.74 Å². The van der Waals surface area contributed by atoms with Crippen LogP contribution in [0.4, 0.5) is 0 Å². The largest absolute Gasteiger partial charge is 0.436 e. The lowest BCUT2D eigenvalue weighted by Crippen LogP contribution is -1.85. The molecule has 110 valence electrons. The zero-order chi connectivity index (χ0) is 15.8. The van der Waals surface area contributed by atoms with E-state index < -0.39 is 0 Å². The van der Waals surface area contributed by atoms with Gasteiger partial charge in [-0.15, -0.1) is 5.10 Å². The first-order valence-corrected chi connectivity index (χ1v) is 6.49. The van der Waals surface area contributed by atoms with Gasteiger partial charge in [0.15, 0.2) is 0 Å². The number of aromatic amines is 1. The van der Waals surface area contributed by atoms with Gasteiger partial charge >= 0.3 is 6.15 Å². The Labute approximate surface area is 130 Å². The quantitative estimate of drug-likeness (QED) is 0.801. The van der Waals surface area contributed by atoms with E-state index in [-0.39, 0.29) is 6.15 Å². The van der Waals surface area contributed by atoms with Gasteiger partial charge in [-0.05, 0) is 35.4 Å². The molecule has 1 N–H and O–H groups in total. The number of nitrogens with zero attached hydrogens (tertiary/aromatic N) is 2. The summed E-state index contributed by atoms with van der Waals surface area (Å²) in [6.45, 7) is 0. The molecule has 3 aromatic rings. The van der Waals surface area contributed by atoms with Gasteiger partial charge in [-0.3, -0.25) is 0 Å². The zero-order valence-electron chi connectivity index (χ0n) is 11.2. The van der Waals surface area contributed by atoms with Crippen LogP contribution in [0.1, 0.15) is 0 Å². The van der Waals surface area contributed by atoms with Crippen LogP contribution in [0.15, 0.2) is 54.7 Å². The number of nitrogens with one attached hydrogen (secondary N) is 1. The smallest absolute Gasteiger partial charge is 0.373 e. The fraction of sp³-hybridized carbons (Fsp3) is 0. The molecule has 1 aromatic heterocycles. The number of rotatable bonds is 3. The molecular weight excluding hydrogens is 306 g/mol. The van der Waals surface area contributed by atoms with Gasteiger partial charge in [0.2, 0.25) is 0 Å². The predicted octanol–water partition coefficient (Wildman–Crippen LogP) is 3.33. The molecule has 0 fully saturated rings. The molecule has 0 aliphatic carbocycles. The van der Waals surface area contributed by atoms with E-state index >= 15 is 0 Å². The van der Waals surface area contributed by atoms with Crippen molar-refractivity contribution in [3.05, 3.63) is 59.8 Å². The van der Waals surface area contributed by atoms with E-state index in [1.165, 1.54) is 6.20 Å². The summed E-state index contributed by atoms with van der Waals surface area (Å²) in [5, 5.41) is 10.8. The zero-order valence-corrected chi connectivity index (χ0v) is 11.9. The third-order valence-electron chi connectivity index (χ3n) is 2.61. The second kappa shape index (κ2) is 7.73. The second-order valence-corrected chi connectivity index (χ2v) is 4.47. The van der Waals surface area contributed by atoms with Crippen LogP contribution < -0.4 is 4.74 Å². The minimum absolute atomic E-state index is 0.250. The third kappa shape index (κ3) is 4.28. The molecule has 0 spiro atoms. The Hall–Kier alpha value is -2.95. The van der Waals surface area contributed by atoms with Gasteiger partial charge in [-0.1, -0.05) is 35.9 Å². The summed E-state index contributed by atoms with van der Waals surface area (Å²) in [6.07, 6.45) is 1.77. The highest BCUT2D eigenvalue weighted by molar-refractivity contribution is 6.30. The van der Waals surface area contributed by atoms with Crippen LogP contribution in [-0.4, -0.2) is 21.6 Å². The molecule has 3 rings (SSSR count). The number of halogens is 1. The monoisotopic (exact) mass is 315 g/mol. The molecule has 6 nitrogen and oxygen atoms in total. The van der Waals surface area contributed by atoms with E-state index in [0.29, 0.717) is 16.7 Å². The maximum absolute atomic E-state index is 8.12. The van der Waals surface area contributed by atoms with E-state index in [0.717, 1.165) is 11.1 Å². The Morgan fingerprint density at radius 1 is 1.05 bits per heavy atom. The number of hydrogen-bond donors (Lipinski definition) is 1. The highest BCUT2D eigenvalue weighted by atomic mass is 35.5. The number of carbonyl (C=O) groups excluding carboxylic acids is 2. The fourth-order valence-electron chi connectivity index (χ4n) is 1.77. The summed E-state index contributed by atoms with van der Waals surface area (Å²) in [4.78, 5) is 16.2. The molecule has 22 heavy (non-hydrogen) atoms. The minimum atomic E-state index is 0.250. The average Bonchev–Trinajstić information content (AvgIpc) is 3.01. The summed E-state index contributed by atoms with van der Waals surface area (Å²) in [6, 6.07) is 15.4. The maximum Gasteiger partial charge on any atom is 0.373 e. The first kappa shape index (κ1) is 15.4. The van der Waals surface area contributed by atoms with Crippen molar-refractivity contribution in [2.45, 2.75) is 0 Å². The van der Waals surface area contributed by atoms with Crippen LogP contribution in [0.3, 0.4) is 0 Å². The van der Waals surface area contributed by atoms with Crippen LogP contribution in [0.5, 0.6) is 11.6 Å². The molecule has 0 amide bonds. The Kier molecular flexibility index (Phi) is 5.43. The lowest BCUT2D eigenvalue weighted by molar-refractivity contribution is -0.191. The van der Waals surface area contributed by atoms with Crippen LogP contribution in [-0.2, 0) is 9.59 Å². The predicted molar refractivity (Wildman–Crippen MR) is 78.4 cm³/mol. The fourth-order valence-corrected chi connectivity index (χ4v) is 1.96. The minimum Gasteiger partial charge on any atom is -0.436 e. The number of hydrogen-bond acceptors (Lipinski definition) is 5. The maximum atomic E-state index is 8.12. The number of benzene rings is 2. The molecule has 7 heteroatoms. The molecule has 0 aliphatic rings. The molecule has 1 heterocycles. The number of ether oxygens (including phenoxy) is 1. The molecule has 0 radical (unpaired) electrons. The standard InChI is InChI=1S/C14H10ClN3O.CO2/c15-12-5-1-3-10(7-12)11-4-2-6-13(8-11)19-14-9-16-18-17-14;2-1-3/h1-9H,(H,16,17,18);. The summed E-state index contributed by atoms with van der Waals surface area (Å²) in [5.74, 6) is 1.13. The SMILES string of the molecule is Clc1cccc(-c2cccc(Oc3cn[nH]n3)c2)c1.O=C=O. The molecule has 0 atom stereocenters. The molecule has 0 aliphatic heterocycles. The molecular formula is C15H10ClN3O3. The van der Waals surface area contributed by atoms with Crippen LogP contribution in [0, 0.1) is 0 Å². The Morgan fingerprint density at radius 2 is 1.73 bits per heavy atom. The average molecular weight is 316 g/mol. The second-order valence-electron chi connectivity index (χ2n) is 4.03. The normalized spacial score (nSPS) is 9.32. The van der Waals surface area contributed by atoms with Crippen molar-refractivity contribution in [2.75, 3.05) is 0 Å². The van der Waals surface area contributed by atoms with Crippen LogP contribution in [0.2, 0.25) is 5.02 Å². The van der Waals surface area contributed by atoms with Gasteiger partial charge in [0, 0.05) is 5.02 Å². The summed E-state index contributed by atoms with van der Waals surface area (Å²) < 4.78 is 5.57. The number of H-pyrrole nitrogens is 1. The first-order chi connectivity index (χ1) is 10.7. The van der Waals surface area contributed by atoms with Gasteiger partial charge in [0.25, 0.3) is 5.88 Å². The summed E-state index contributed by atoms with van der Waals surface area (Å²) >= 11 is 6.00. The van der Waals surface area contributed by atoms with E-state index in [2.05, 4.69) is 15.4 Å². The lowest BCUT2D eigenvalue weighted by Gasteiger charge is -2.05. The Bertz CT molecular complexity index is 769. The van der Waals surface area contributed by atoms with Crippen molar-refractivity contribution in [3.63, 3.8) is 0 Å². The van der Waals surface area contributed by atoms with E-state index in [9.17, 15) is 0 Å². The van der Waals surface area contributed by atoms with Crippen molar-refractivity contribution in [1.29, 1.82) is 0 Å². The molecule has 0 saturated heterocycles. The van der Waals surface area contributed by atoms with Crippen molar-refractivity contribution >= 4 is 17.8 Å². The van der Waals surface area contributed by atoms with Gasteiger partial charge in [0.1, 0.15) is 11.9 Å². The van der Waals surface area contributed by atoms with E-state index in [1.54, 1.807) is 0 Å². The van der Waals surface area contributed by atoms with Crippen molar-refractivity contribution < 1.29 is 14.3 Å². The van der Waals surface area contributed by atoms with Crippen molar-refractivity contribution in [3.8, 4) is 22.8 Å². The first-order valence-electron chi connectivity index (χ1n) is 6.12. The lowest BCUT2D eigenvalue weighted by atomic mass is 10.1. The van der Waals surface area contributed by atoms with Gasteiger partial charge in [0.05, 0.1) is 0 Å². The molecule has 0 saturated carbocycles. The van der Waals surface area contributed by atoms with Gasteiger partial charge in [-0.25, -0.2) is 0 Å². The van der Waals surface area contributed by atoms with Crippen LogP contribution >= 0.6 is 11.6 Å². The Morgan fingerprint density at radius 3 is 2.36 bits per heavy atom. The third-order valence-corrected chi connectivity index (χ3v) is 2.84. The van der Waals surface area contributed by atoms with Crippen molar-refractivity contribution in [2.24, 2.45) is 0 Å². The highest BCUT2D eigenvalue weighted by Gasteiger charge is 2.03. The molecule has 2 aromatic carbocycles. The van der Waals surface area contributed by atoms with Crippen molar-refractivity contribution in [1.82, 2.24) is 15.4 Å². The molecule has 0 unspecified atom stereocenters. The Balaban J connectivity index is 0.000000545. The van der Waals surface area contributed by atoms with Crippen LogP contribution in [0.25, 0.3) is 11.1 Å². The summed E-state index contributed by atoms with van der Waals surface area (Å²) in [5.41, 5.74) is 2.07. The summed E-state index contributed by atoms with van der Waals surface area (Å²) in [7, 11) is 0. The topological polar surface area (TPSA) is 84.9 Å².